The van der Waals surface area contributed by atoms with E-state index in [-0.39, 0.29) is 28.4 Å². The van der Waals surface area contributed by atoms with Crippen LogP contribution in [0.15, 0.2) is 30.3 Å². The molecule has 4 fully saturated rings. The normalized spacial score (nSPS) is 22.8. The van der Waals surface area contributed by atoms with Gasteiger partial charge in [0.2, 0.25) is 0 Å². The van der Waals surface area contributed by atoms with Gasteiger partial charge in [-0.05, 0) is 105 Å². The fraction of sp³-hybridized carbons (Fsp3) is 0.486. The predicted octanol–water partition coefficient (Wildman–Crippen LogP) is 6.69. The third-order valence-electron chi connectivity index (χ3n) is 10.6. The van der Waals surface area contributed by atoms with Crippen molar-refractivity contribution in [2.75, 3.05) is 37.7 Å². The maximum atomic E-state index is 16.9. The smallest absolute Gasteiger partial charge is 0.319 e. The molecule has 2 unspecified atom stereocenters. The van der Waals surface area contributed by atoms with Crippen LogP contribution < -0.4 is 15.0 Å². The van der Waals surface area contributed by atoms with Crippen molar-refractivity contribution >= 4 is 27.5 Å². The first-order chi connectivity index (χ1) is 21.3. The Labute approximate surface area is 255 Å². The molecular formula is C35H38F3N5O. The van der Waals surface area contributed by atoms with Gasteiger partial charge in [-0.2, -0.15) is 9.97 Å². The number of aromatic nitrogens is 2. The van der Waals surface area contributed by atoms with E-state index in [0.717, 1.165) is 62.6 Å². The molecule has 4 aliphatic heterocycles. The van der Waals surface area contributed by atoms with E-state index >= 15 is 13.2 Å². The van der Waals surface area contributed by atoms with Crippen molar-refractivity contribution in [1.82, 2.24) is 20.2 Å². The van der Waals surface area contributed by atoms with Crippen LogP contribution in [-0.4, -0.2) is 65.3 Å². The molecule has 0 saturated carbocycles. The predicted molar refractivity (Wildman–Crippen MR) is 167 cm³/mol. The second-order valence-corrected chi connectivity index (χ2v) is 13.3. The van der Waals surface area contributed by atoms with E-state index in [4.69, 9.17) is 9.72 Å². The Morgan fingerprint density at radius 1 is 0.977 bits per heavy atom. The third-order valence-corrected chi connectivity index (χ3v) is 10.6. The highest BCUT2D eigenvalue weighted by molar-refractivity contribution is 6.02. The molecule has 0 aliphatic carbocycles. The Balaban J connectivity index is 1.31. The molecule has 44 heavy (non-hydrogen) atoms. The lowest BCUT2D eigenvalue weighted by Gasteiger charge is -2.34. The molecular weight excluding hydrogens is 563 g/mol. The Morgan fingerprint density at radius 2 is 1.73 bits per heavy atom. The average molecular weight is 602 g/mol. The summed E-state index contributed by atoms with van der Waals surface area (Å²) in [6, 6.07) is 8.88. The third kappa shape index (κ3) is 4.45. The summed E-state index contributed by atoms with van der Waals surface area (Å²) in [5, 5.41) is 5.24. The molecule has 9 heteroatoms. The number of fused-ring (bicyclic) bond motifs is 5. The molecule has 4 saturated heterocycles. The highest BCUT2D eigenvalue weighted by Crippen LogP contribution is 2.42. The SMILES string of the molecule is CCc1c(F)ccc2cc(C)cc(-c3c(F)cc4c(N5CC6CCC(C5)N6)nc(OCC56CCCN5CCC6)nc4c3F)c12. The molecule has 1 N–H and O–H groups in total. The number of nitrogens with one attached hydrogen (secondary N) is 1. The van der Waals surface area contributed by atoms with Gasteiger partial charge in [0.15, 0.2) is 5.82 Å². The van der Waals surface area contributed by atoms with Crippen molar-refractivity contribution in [3.8, 4) is 17.1 Å². The summed E-state index contributed by atoms with van der Waals surface area (Å²) in [5.41, 5.74) is 1.42. The Morgan fingerprint density at radius 3 is 2.45 bits per heavy atom. The Hall–Kier alpha value is -3.43. The number of ether oxygens (including phenoxy) is 1. The summed E-state index contributed by atoms with van der Waals surface area (Å²) in [4.78, 5) is 14.1. The second-order valence-electron chi connectivity index (χ2n) is 13.3. The van der Waals surface area contributed by atoms with E-state index in [1.54, 1.807) is 12.1 Å². The van der Waals surface area contributed by atoms with Crippen molar-refractivity contribution in [2.45, 2.75) is 76.4 Å². The number of rotatable bonds is 6. The summed E-state index contributed by atoms with van der Waals surface area (Å²) < 4.78 is 54.6. The van der Waals surface area contributed by atoms with Crippen LogP contribution in [0.2, 0.25) is 0 Å². The van der Waals surface area contributed by atoms with Crippen LogP contribution in [0.1, 0.15) is 56.6 Å². The number of aryl methyl sites for hydroxylation is 2. The molecule has 4 aromatic rings. The Kier molecular flexibility index (Phi) is 6.75. The zero-order valence-electron chi connectivity index (χ0n) is 25.4. The summed E-state index contributed by atoms with van der Waals surface area (Å²) in [6.07, 6.45) is 6.93. The fourth-order valence-electron chi connectivity index (χ4n) is 8.55. The van der Waals surface area contributed by atoms with Crippen molar-refractivity contribution < 1.29 is 17.9 Å². The molecule has 0 amide bonds. The number of hydrogen-bond acceptors (Lipinski definition) is 6. The largest absolute Gasteiger partial charge is 0.461 e. The van der Waals surface area contributed by atoms with Gasteiger partial charge in [0, 0.05) is 30.6 Å². The van der Waals surface area contributed by atoms with E-state index in [0.29, 0.717) is 65.9 Å². The topological polar surface area (TPSA) is 53.5 Å². The highest BCUT2D eigenvalue weighted by Gasteiger charge is 2.45. The van der Waals surface area contributed by atoms with Crippen LogP contribution >= 0.6 is 0 Å². The van der Waals surface area contributed by atoms with Crippen LogP contribution in [0.25, 0.3) is 32.8 Å². The number of nitrogens with zero attached hydrogens (tertiary/aromatic N) is 4. The van der Waals surface area contributed by atoms with Gasteiger partial charge >= 0.3 is 6.01 Å². The molecule has 8 rings (SSSR count). The average Bonchev–Trinajstić information content (AvgIpc) is 3.69. The Bertz CT molecular complexity index is 1770. The summed E-state index contributed by atoms with van der Waals surface area (Å²) in [5.74, 6) is -1.36. The minimum Gasteiger partial charge on any atom is -0.461 e. The number of halogens is 3. The molecule has 4 aliphatic rings. The lowest BCUT2D eigenvalue weighted by atomic mass is 9.90. The van der Waals surface area contributed by atoms with E-state index in [1.165, 1.54) is 12.1 Å². The van der Waals surface area contributed by atoms with E-state index in [1.807, 2.05) is 19.9 Å². The van der Waals surface area contributed by atoms with Crippen LogP contribution in [0, 0.1) is 24.4 Å². The maximum Gasteiger partial charge on any atom is 0.319 e. The zero-order chi connectivity index (χ0) is 30.2. The van der Waals surface area contributed by atoms with Gasteiger partial charge in [0.25, 0.3) is 0 Å². The lowest BCUT2D eigenvalue weighted by Crippen LogP contribution is -2.51. The van der Waals surface area contributed by atoms with Crippen molar-refractivity contribution in [1.29, 1.82) is 0 Å². The first kappa shape index (κ1) is 28.1. The molecule has 0 radical (unpaired) electrons. The molecule has 2 atom stereocenters. The summed E-state index contributed by atoms with van der Waals surface area (Å²) in [7, 11) is 0. The van der Waals surface area contributed by atoms with Gasteiger partial charge in [-0.3, -0.25) is 4.90 Å². The van der Waals surface area contributed by atoms with Crippen molar-refractivity contribution in [3.05, 3.63) is 58.9 Å². The number of piperazine rings is 1. The minimum absolute atomic E-state index is 0.0275. The van der Waals surface area contributed by atoms with E-state index < -0.39 is 11.6 Å². The van der Waals surface area contributed by atoms with Gasteiger partial charge in [-0.1, -0.05) is 25.1 Å². The van der Waals surface area contributed by atoms with Crippen molar-refractivity contribution in [3.63, 3.8) is 0 Å². The zero-order valence-corrected chi connectivity index (χ0v) is 25.4. The van der Waals surface area contributed by atoms with Crippen LogP contribution in [-0.2, 0) is 6.42 Å². The molecule has 6 nitrogen and oxygen atoms in total. The second kappa shape index (κ2) is 10.6. The number of hydrogen-bond donors (Lipinski definition) is 1. The maximum absolute atomic E-state index is 16.9. The van der Waals surface area contributed by atoms with Crippen LogP contribution in [0.3, 0.4) is 0 Å². The minimum atomic E-state index is -0.772. The molecule has 5 heterocycles. The first-order valence-corrected chi connectivity index (χ1v) is 16.1. The number of anilines is 1. The van der Waals surface area contributed by atoms with Gasteiger partial charge in [0.05, 0.1) is 11.1 Å². The van der Waals surface area contributed by atoms with Gasteiger partial charge in [-0.25, -0.2) is 13.2 Å². The molecule has 2 bridgehead atoms. The number of benzene rings is 3. The molecule has 1 aromatic heterocycles. The molecule has 230 valence electrons. The lowest BCUT2D eigenvalue weighted by molar-refractivity contribution is 0.108. The monoisotopic (exact) mass is 601 g/mol. The molecule has 3 aromatic carbocycles. The first-order valence-electron chi connectivity index (χ1n) is 16.1. The standard InChI is InChI=1S/C35H38F3N5O/c1-3-24-27(36)9-6-21-14-20(2)15-25(29(21)24)30-28(37)16-26-32(31(30)38)40-34(44-19-35-10-4-12-43(35)13-5-11-35)41-33(26)42-17-22-7-8-23(18-42)39-22/h6,9,14-16,22-23,39H,3-5,7-8,10-13,17-19H2,1-2H3. The van der Waals surface area contributed by atoms with Gasteiger partial charge < -0.3 is 15.0 Å². The van der Waals surface area contributed by atoms with Crippen molar-refractivity contribution in [2.24, 2.45) is 0 Å². The highest BCUT2D eigenvalue weighted by atomic mass is 19.1. The quantitative estimate of drug-likeness (QED) is 0.266. The van der Waals surface area contributed by atoms with Crippen LogP contribution in [0.5, 0.6) is 6.01 Å². The van der Waals surface area contributed by atoms with E-state index in [2.05, 4.69) is 20.1 Å². The van der Waals surface area contributed by atoms with Gasteiger partial charge in [-0.15, -0.1) is 0 Å². The molecule has 0 spiro atoms. The van der Waals surface area contributed by atoms with Crippen LogP contribution in [0.4, 0.5) is 19.0 Å². The van der Waals surface area contributed by atoms with Gasteiger partial charge in [0.1, 0.15) is 29.6 Å². The van der Waals surface area contributed by atoms with E-state index in [9.17, 15) is 0 Å². The summed E-state index contributed by atoms with van der Waals surface area (Å²) >= 11 is 0. The fourth-order valence-corrected chi connectivity index (χ4v) is 8.55. The summed E-state index contributed by atoms with van der Waals surface area (Å²) in [6.45, 7) is 7.72.